The van der Waals surface area contributed by atoms with E-state index >= 15 is 0 Å². The number of urea groups is 1. The molecular weight excluding hydrogens is 464 g/mol. The summed E-state index contributed by atoms with van der Waals surface area (Å²) in [6.45, 7) is -0.481. The van der Waals surface area contributed by atoms with E-state index in [1.54, 1.807) is 18.2 Å². The zero-order valence-electron chi connectivity index (χ0n) is 16.1. The van der Waals surface area contributed by atoms with Gasteiger partial charge in [-0.3, -0.25) is 9.48 Å². The number of carbonyl (C=O) groups excluding carboxylic acids is 2. The first-order valence-corrected chi connectivity index (χ1v) is 9.48. The number of nitrogens with zero attached hydrogens (tertiary/aromatic N) is 2. The van der Waals surface area contributed by atoms with Crippen molar-refractivity contribution in [3.05, 3.63) is 39.6 Å². The molecule has 9 nitrogen and oxygen atoms in total. The van der Waals surface area contributed by atoms with Crippen LogP contribution < -0.4 is 26.4 Å². The maximum absolute atomic E-state index is 13.1. The Morgan fingerprint density at radius 3 is 2.55 bits per heavy atom. The van der Waals surface area contributed by atoms with Gasteiger partial charge in [-0.2, -0.15) is 18.3 Å². The molecule has 5 N–H and O–H groups in total. The zero-order chi connectivity index (χ0) is 23.2. The molecule has 0 bridgehead atoms. The predicted octanol–water partition coefficient (Wildman–Crippen LogP) is 2.61. The van der Waals surface area contributed by atoms with Gasteiger partial charge in [-0.25, -0.2) is 4.79 Å². The summed E-state index contributed by atoms with van der Waals surface area (Å²) in [5.74, 6) is -0.132. The summed E-state index contributed by atoms with van der Waals surface area (Å²) >= 11 is 11.7. The molecule has 1 heterocycles. The lowest BCUT2D eigenvalue weighted by Crippen LogP contribution is -2.34. The topological polar surface area (TPSA) is 123 Å². The van der Waals surface area contributed by atoms with E-state index < -0.39 is 41.9 Å². The zero-order valence-corrected chi connectivity index (χ0v) is 17.7. The molecule has 0 saturated heterocycles. The number of rotatable bonds is 9. The lowest BCUT2D eigenvalue weighted by molar-refractivity contribution is -0.141. The summed E-state index contributed by atoms with van der Waals surface area (Å²) in [6, 6.07) is 4.07. The molecule has 1 aromatic carbocycles. The van der Waals surface area contributed by atoms with Crippen LogP contribution >= 0.6 is 23.2 Å². The van der Waals surface area contributed by atoms with Crippen molar-refractivity contribution in [1.82, 2.24) is 20.4 Å². The first kappa shape index (κ1) is 24.4. The van der Waals surface area contributed by atoms with Crippen LogP contribution in [0.3, 0.4) is 0 Å². The number of benzene rings is 1. The van der Waals surface area contributed by atoms with Gasteiger partial charge in [0.1, 0.15) is 12.3 Å². The first-order chi connectivity index (χ1) is 14.5. The molecule has 31 heavy (non-hydrogen) atoms. The van der Waals surface area contributed by atoms with Crippen LogP contribution in [0, 0.1) is 0 Å². The highest BCUT2D eigenvalue weighted by Crippen LogP contribution is 2.35. The number of ether oxygens (including phenoxy) is 1. The third-order valence-corrected chi connectivity index (χ3v) is 4.62. The van der Waals surface area contributed by atoms with Gasteiger partial charge in [0.05, 0.1) is 29.4 Å². The predicted molar refractivity (Wildman–Crippen MR) is 108 cm³/mol. The van der Waals surface area contributed by atoms with E-state index in [2.05, 4.69) is 21.0 Å². The summed E-state index contributed by atoms with van der Waals surface area (Å²) in [5.41, 5.74) is 4.08. The molecule has 0 saturated carbocycles. The largest absolute Gasteiger partial charge is 0.495 e. The van der Waals surface area contributed by atoms with Gasteiger partial charge in [0.2, 0.25) is 5.91 Å². The van der Waals surface area contributed by atoms with E-state index in [0.717, 1.165) is 4.68 Å². The molecule has 1 aromatic heterocycles. The Morgan fingerprint density at radius 2 is 1.94 bits per heavy atom. The number of hydrogen-bond donors (Lipinski definition) is 4. The fraction of sp³-hybridized carbons (Fsp3) is 0.353. The Hall–Kier alpha value is -2.86. The molecular formula is C17H19Cl2F3N6O3. The maximum Gasteiger partial charge on any atom is 0.436 e. The monoisotopic (exact) mass is 482 g/mol. The molecule has 0 fully saturated rings. The Morgan fingerprint density at radius 1 is 1.23 bits per heavy atom. The summed E-state index contributed by atoms with van der Waals surface area (Å²) in [4.78, 5) is 23.0. The van der Waals surface area contributed by atoms with Gasteiger partial charge in [-0.15, -0.1) is 0 Å². The van der Waals surface area contributed by atoms with E-state index in [0.29, 0.717) is 23.0 Å². The van der Waals surface area contributed by atoms with E-state index in [9.17, 15) is 22.8 Å². The number of anilines is 1. The molecule has 0 aliphatic rings. The van der Waals surface area contributed by atoms with Gasteiger partial charge < -0.3 is 26.4 Å². The minimum Gasteiger partial charge on any atom is -0.495 e. The van der Waals surface area contributed by atoms with Crippen molar-refractivity contribution >= 4 is 40.8 Å². The molecule has 2 rings (SSSR count). The number of nitrogens with two attached hydrogens (primary N) is 1. The van der Waals surface area contributed by atoms with Crippen molar-refractivity contribution in [3.63, 3.8) is 0 Å². The molecule has 0 unspecified atom stereocenters. The van der Waals surface area contributed by atoms with Crippen LogP contribution in [-0.2, 0) is 24.1 Å². The summed E-state index contributed by atoms with van der Waals surface area (Å²) in [5, 5.41) is 10.8. The average molecular weight is 483 g/mol. The lowest BCUT2D eigenvalue weighted by Gasteiger charge is -2.11. The van der Waals surface area contributed by atoms with Crippen LogP contribution in [0.1, 0.15) is 11.4 Å². The number of nitrogens with one attached hydrogen (secondary N) is 3. The molecule has 0 atom stereocenters. The third kappa shape index (κ3) is 6.82. The second-order valence-electron chi connectivity index (χ2n) is 6.11. The number of aromatic nitrogens is 2. The second kappa shape index (κ2) is 10.4. The van der Waals surface area contributed by atoms with Crippen LogP contribution in [0.4, 0.5) is 23.7 Å². The Bertz CT molecular complexity index is 952. The minimum atomic E-state index is -4.83. The number of amides is 3. The SMILES string of the molecule is COc1cc(NCCNC(=O)Cn2nc(C(F)(F)F)c(Cl)c2CNC(N)=O)ccc1Cl. The van der Waals surface area contributed by atoms with Crippen molar-refractivity contribution in [2.24, 2.45) is 5.73 Å². The summed E-state index contributed by atoms with van der Waals surface area (Å²) < 4.78 is 45.1. The van der Waals surface area contributed by atoms with Crippen molar-refractivity contribution in [2.45, 2.75) is 19.3 Å². The number of primary amides is 1. The molecule has 0 aliphatic carbocycles. The normalized spacial score (nSPS) is 11.2. The average Bonchev–Trinajstić information content (AvgIpc) is 3.00. The summed E-state index contributed by atoms with van der Waals surface area (Å²) in [6.07, 6.45) is -4.83. The lowest BCUT2D eigenvalue weighted by atomic mass is 10.3. The second-order valence-corrected chi connectivity index (χ2v) is 6.89. The fourth-order valence-electron chi connectivity index (χ4n) is 2.50. The van der Waals surface area contributed by atoms with Gasteiger partial charge in [-0.05, 0) is 12.1 Å². The fourth-order valence-corrected chi connectivity index (χ4v) is 3.00. The van der Waals surface area contributed by atoms with Crippen LogP contribution in [-0.4, -0.2) is 41.9 Å². The third-order valence-electron chi connectivity index (χ3n) is 3.91. The van der Waals surface area contributed by atoms with Crippen molar-refractivity contribution in [2.75, 3.05) is 25.5 Å². The van der Waals surface area contributed by atoms with E-state index in [1.807, 2.05) is 0 Å². The van der Waals surface area contributed by atoms with Crippen LogP contribution in [0.2, 0.25) is 10.0 Å². The molecule has 0 aliphatic heterocycles. The van der Waals surface area contributed by atoms with Gasteiger partial charge in [-0.1, -0.05) is 23.2 Å². The highest BCUT2D eigenvalue weighted by molar-refractivity contribution is 6.32. The van der Waals surface area contributed by atoms with Gasteiger partial charge in [0.15, 0.2) is 5.69 Å². The summed E-state index contributed by atoms with van der Waals surface area (Å²) in [7, 11) is 1.48. The molecule has 2 aromatic rings. The van der Waals surface area contributed by atoms with Crippen LogP contribution in [0.5, 0.6) is 5.75 Å². The molecule has 0 spiro atoms. The van der Waals surface area contributed by atoms with Gasteiger partial charge in [0, 0.05) is 24.8 Å². The number of methoxy groups -OCH3 is 1. The highest BCUT2D eigenvalue weighted by Gasteiger charge is 2.39. The van der Waals surface area contributed by atoms with Crippen molar-refractivity contribution in [1.29, 1.82) is 0 Å². The van der Waals surface area contributed by atoms with Gasteiger partial charge in [0.25, 0.3) is 0 Å². The number of carbonyl (C=O) groups is 2. The smallest absolute Gasteiger partial charge is 0.436 e. The Kier molecular flexibility index (Phi) is 8.22. The molecule has 3 amide bonds. The number of alkyl halides is 3. The van der Waals surface area contributed by atoms with Crippen molar-refractivity contribution in [3.8, 4) is 5.75 Å². The van der Waals surface area contributed by atoms with Gasteiger partial charge >= 0.3 is 12.2 Å². The first-order valence-electron chi connectivity index (χ1n) is 8.72. The van der Waals surface area contributed by atoms with E-state index in [1.165, 1.54) is 7.11 Å². The van der Waals surface area contributed by atoms with Crippen molar-refractivity contribution < 1.29 is 27.5 Å². The highest BCUT2D eigenvalue weighted by atomic mass is 35.5. The minimum absolute atomic E-state index is 0.166. The quantitative estimate of drug-likeness (QED) is 0.409. The molecule has 14 heteroatoms. The molecule has 0 radical (unpaired) electrons. The number of hydrogen-bond acceptors (Lipinski definition) is 5. The van der Waals surface area contributed by atoms with E-state index in [4.69, 9.17) is 33.7 Å². The standard InChI is InChI=1S/C17H19Cl2F3N6O3/c1-31-12-6-9(2-3-10(12)18)24-4-5-25-13(29)8-28-11(7-26-16(23)30)14(19)15(27-28)17(20,21)22/h2-3,6,24H,4-5,7-8H2,1H3,(H,25,29)(H3,23,26,30). The van der Waals surface area contributed by atoms with E-state index in [-0.39, 0.29) is 12.2 Å². The number of halogens is 5. The maximum atomic E-state index is 13.1. The molecule has 170 valence electrons. The Balaban J connectivity index is 1.97. The van der Waals surface area contributed by atoms with Crippen LogP contribution in [0.15, 0.2) is 18.2 Å². The van der Waals surface area contributed by atoms with Crippen LogP contribution in [0.25, 0.3) is 0 Å². The Labute approximate surface area is 185 Å².